The van der Waals surface area contributed by atoms with E-state index in [2.05, 4.69) is 20.8 Å². The van der Waals surface area contributed by atoms with Crippen molar-refractivity contribution in [2.24, 2.45) is 16.7 Å². The number of rotatable bonds is 1. The molecule has 0 aliphatic heterocycles. The van der Waals surface area contributed by atoms with Crippen molar-refractivity contribution in [2.45, 2.75) is 53.6 Å². The smallest absolute Gasteiger partial charge is 0.162 e. The number of hydrogen-bond acceptors (Lipinski definition) is 2. The summed E-state index contributed by atoms with van der Waals surface area (Å²) in [4.78, 5) is 13.0. The molecule has 1 aromatic carbocycles. The van der Waals surface area contributed by atoms with Crippen molar-refractivity contribution in [3.8, 4) is 0 Å². The molecule has 0 spiro atoms. The Morgan fingerprint density at radius 2 is 1.61 bits per heavy atom. The molecule has 0 saturated heterocycles. The van der Waals surface area contributed by atoms with Crippen molar-refractivity contribution in [3.63, 3.8) is 0 Å². The number of Topliss-reactive ketones (excluding diaryl/α,β-unsaturated/α-hetero) is 1. The van der Waals surface area contributed by atoms with E-state index in [0.717, 1.165) is 5.56 Å². The van der Waals surface area contributed by atoms with Gasteiger partial charge in [-0.1, -0.05) is 65.3 Å². The monoisotopic (exact) mass is 334 g/mol. The van der Waals surface area contributed by atoms with Crippen LogP contribution in [0.25, 0.3) is 0 Å². The molecular formula is C20H27ClO2. The summed E-state index contributed by atoms with van der Waals surface area (Å²) in [6.45, 7) is 12.2. The molecule has 0 heterocycles. The minimum absolute atomic E-state index is 0.156. The van der Waals surface area contributed by atoms with Gasteiger partial charge in [0.15, 0.2) is 5.78 Å². The van der Waals surface area contributed by atoms with E-state index in [9.17, 15) is 9.90 Å². The van der Waals surface area contributed by atoms with Crippen LogP contribution in [0.5, 0.6) is 0 Å². The van der Waals surface area contributed by atoms with Gasteiger partial charge in [0, 0.05) is 10.9 Å². The lowest BCUT2D eigenvalue weighted by atomic mass is 9.62. The highest BCUT2D eigenvalue weighted by Gasteiger charge is 2.46. The minimum atomic E-state index is -1.14. The summed E-state index contributed by atoms with van der Waals surface area (Å²) in [6.07, 6.45) is 2.16. The van der Waals surface area contributed by atoms with Gasteiger partial charge in [0.05, 0.1) is 0 Å². The van der Waals surface area contributed by atoms with E-state index in [-0.39, 0.29) is 22.5 Å². The summed E-state index contributed by atoms with van der Waals surface area (Å²) >= 11 is 5.97. The van der Waals surface area contributed by atoms with E-state index in [1.165, 1.54) is 0 Å². The molecule has 2 rings (SSSR count). The molecule has 0 aromatic heterocycles. The van der Waals surface area contributed by atoms with E-state index in [0.29, 0.717) is 17.0 Å². The maximum atomic E-state index is 13.0. The molecule has 1 aliphatic rings. The highest BCUT2D eigenvalue weighted by Crippen LogP contribution is 2.47. The van der Waals surface area contributed by atoms with Gasteiger partial charge in [-0.05, 0) is 46.6 Å². The lowest BCUT2D eigenvalue weighted by Gasteiger charge is -2.43. The first-order valence-electron chi connectivity index (χ1n) is 8.10. The van der Waals surface area contributed by atoms with Crippen molar-refractivity contribution < 1.29 is 9.90 Å². The van der Waals surface area contributed by atoms with Crippen LogP contribution in [0.2, 0.25) is 5.02 Å². The van der Waals surface area contributed by atoms with Gasteiger partial charge >= 0.3 is 0 Å². The Morgan fingerprint density at radius 3 is 2.04 bits per heavy atom. The van der Waals surface area contributed by atoms with Crippen molar-refractivity contribution in [2.75, 3.05) is 0 Å². The van der Waals surface area contributed by atoms with Gasteiger partial charge in [0.25, 0.3) is 0 Å². The third-order valence-corrected chi connectivity index (χ3v) is 4.93. The van der Waals surface area contributed by atoms with Crippen LogP contribution in [0, 0.1) is 16.7 Å². The second-order valence-corrected chi connectivity index (χ2v) is 9.16. The maximum absolute atomic E-state index is 13.0. The second kappa shape index (κ2) is 5.75. The molecule has 2 nitrogen and oxygen atoms in total. The summed E-state index contributed by atoms with van der Waals surface area (Å²) in [5.41, 5.74) is -0.158. The predicted molar refractivity (Wildman–Crippen MR) is 95.5 cm³/mol. The highest BCUT2D eigenvalue weighted by atomic mass is 35.5. The zero-order chi connectivity index (χ0) is 17.6. The Hall–Kier alpha value is -1.12. The number of allylic oxidation sites excluding steroid dienone is 1. The van der Waals surface area contributed by atoms with Crippen LogP contribution in [0.4, 0.5) is 0 Å². The molecule has 1 N–H and O–H groups in total. The van der Waals surface area contributed by atoms with Crippen molar-refractivity contribution in [1.82, 2.24) is 0 Å². The van der Waals surface area contributed by atoms with Crippen LogP contribution in [-0.4, -0.2) is 10.9 Å². The van der Waals surface area contributed by atoms with Crippen LogP contribution >= 0.6 is 11.6 Å². The van der Waals surface area contributed by atoms with E-state index in [4.69, 9.17) is 11.6 Å². The Morgan fingerprint density at radius 1 is 1.09 bits per heavy atom. The molecule has 3 heteroatoms. The molecule has 0 radical (unpaired) electrons. The quantitative estimate of drug-likeness (QED) is 0.772. The topological polar surface area (TPSA) is 37.3 Å². The largest absolute Gasteiger partial charge is 0.381 e. The Labute approximate surface area is 144 Å². The Balaban J connectivity index is 2.60. The molecule has 2 atom stereocenters. The van der Waals surface area contributed by atoms with Crippen LogP contribution in [0.15, 0.2) is 35.9 Å². The third kappa shape index (κ3) is 3.70. The molecule has 0 bridgehead atoms. The van der Waals surface area contributed by atoms with Gasteiger partial charge in [-0.15, -0.1) is 0 Å². The fourth-order valence-corrected chi connectivity index (χ4v) is 3.31. The van der Waals surface area contributed by atoms with Crippen molar-refractivity contribution in [1.29, 1.82) is 0 Å². The van der Waals surface area contributed by atoms with Crippen LogP contribution < -0.4 is 0 Å². The second-order valence-electron chi connectivity index (χ2n) is 8.73. The number of halogens is 1. The van der Waals surface area contributed by atoms with E-state index >= 15 is 0 Å². The first kappa shape index (κ1) is 18.2. The lowest BCUT2D eigenvalue weighted by Crippen LogP contribution is -2.43. The molecule has 1 aromatic rings. The summed E-state index contributed by atoms with van der Waals surface area (Å²) < 4.78 is 0. The van der Waals surface area contributed by atoms with Crippen molar-refractivity contribution in [3.05, 3.63) is 46.5 Å². The lowest BCUT2D eigenvalue weighted by molar-refractivity contribution is -0.127. The molecule has 0 amide bonds. The number of ketones is 1. The number of aliphatic hydroxyl groups is 1. The third-order valence-electron chi connectivity index (χ3n) is 4.68. The molecule has 0 unspecified atom stereocenters. The molecular weight excluding hydrogens is 308 g/mol. The van der Waals surface area contributed by atoms with Crippen LogP contribution in [-0.2, 0) is 10.4 Å². The Kier molecular flexibility index (Phi) is 4.56. The average Bonchev–Trinajstić information content (AvgIpc) is 2.39. The molecule has 1 aliphatic carbocycles. The summed E-state index contributed by atoms with van der Waals surface area (Å²) in [6, 6.07) is 7.24. The van der Waals surface area contributed by atoms with Gasteiger partial charge in [-0.25, -0.2) is 0 Å². The molecule has 0 saturated carbocycles. The normalized spacial score (nSPS) is 26.2. The molecule has 0 fully saturated rings. The van der Waals surface area contributed by atoms with Crippen molar-refractivity contribution >= 4 is 17.4 Å². The fourth-order valence-electron chi connectivity index (χ4n) is 3.19. The van der Waals surface area contributed by atoms with Crippen LogP contribution in [0.3, 0.4) is 0 Å². The standard InChI is InChI=1S/C20H27ClO2/c1-18(2,3)15-11-20(23,13-7-9-14(21)10-8-13)12-16(17(15)22)19(4,5)6/h7-11,16,23H,12H2,1-6H3/t16-,20+/m1/s1. The number of carbonyl (C=O) groups is 1. The van der Waals surface area contributed by atoms with E-state index in [1.807, 2.05) is 32.9 Å². The van der Waals surface area contributed by atoms with Gasteiger partial charge in [0.1, 0.15) is 5.60 Å². The zero-order valence-electron chi connectivity index (χ0n) is 14.9. The van der Waals surface area contributed by atoms with Gasteiger partial charge < -0.3 is 5.11 Å². The van der Waals surface area contributed by atoms with Gasteiger partial charge in [-0.3, -0.25) is 4.79 Å². The molecule has 23 heavy (non-hydrogen) atoms. The number of benzene rings is 1. The summed E-state index contributed by atoms with van der Waals surface area (Å²) in [5, 5.41) is 12.0. The predicted octanol–water partition coefficient (Wildman–Crippen LogP) is 5.14. The minimum Gasteiger partial charge on any atom is -0.381 e. The van der Waals surface area contributed by atoms with E-state index in [1.54, 1.807) is 18.2 Å². The zero-order valence-corrected chi connectivity index (χ0v) is 15.7. The molecule has 126 valence electrons. The number of hydrogen-bond donors (Lipinski definition) is 1. The summed E-state index contributed by atoms with van der Waals surface area (Å²) in [5.74, 6) is -0.0639. The SMILES string of the molecule is CC(C)(C)C1=C[C@@](O)(c2ccc(Cl)cc2)C[C@@H](C(C)(C)C)C1=O. The average molecular weight is 335 g/mol. The van der Waals surface area contributed by atoms with Gasteiger partial charge in [-0.2, -0.15) is 0 Å². The maximum Gasteiger partial charge on any atom is 0.162 e. The first-order chi connectivity index (χ1) is 10.3. The van der Waals surface area contributed by atoms with Crippen LogP contribution in [0.1, 0.15) is 53.5 Å². The van der Waals surface area contributed by atoms with Gasteiger partial charge in [0.2, 0.25) is 0 Å². The van der Waals surface area contributed by atoms with E-state index < -0.39 is 5.60 Å². The highest BCUT2D eigenvalue weighted by molar-refractivity contribution is 6.30. The Bertz CT molecular complexity index is 629. The fraction of sp³-hybridized carbons (Fsp3) is 0.550. The first-order valence-corrected chi connectivity index (χ1v) is 8.48. The number of carbonyl (C=O) groups excluding carboxylic acids is 1. The summed E-state index contributed by atoms with van der Waals surface area (Å²) in [7, 11) is 0.